The van der Waals surface area contributed by atoms with Crippen LogP contribution in [0.15, 0.2) is 0 Å². The molecule has 2 atom stereocenters. The van der Waals surface area contributed by atoms with Crippen LogP contribution < -0.4 is 8.85 Å². The fourth-order valence-corrected chi connectivity index (χ4v) is 1.53. The van der Waals surface area contributed by atoms with Crippen LogP contribution in [0.25, 0.3) is 0 Å². The Morgan fingerprint density at radius 1 is 1.55 bits per heavy atom. The van der Waals surface area contributed by atoms with Crippen molar-refractivity contribution in [2.45, 2.75) is 19.4 Å². The Labute approximate surface area is 82.4 Å². The van der Waals surface area contributed by atoms with Gasteiger partial charge in [-0.25, -0.2) is 0 Å². The fraction of sp³-hybridized carbons (Fsp3) is 1.00. The molecular formula is C7H17IN2O. The van der Waals surface area contributed by atoms with E-state index in [0.29, 0.717) is 5.92 Å². The van der Waals surface area contributed by atoms with Crippen molar-refractivity contribution >= 4 is 22.9 Å². The molecule has 11 heavy (non-hydrogen) atoms. The molecule has 0 aliphatic heterocycles. The van der Waals surface area contributed by atoms with Crippen LogP contribution in [0.1, 0.15) is 13.3 Å². The van der Waals surface area contributed by atoms with Crippen molar-refractivity contribution in [3.8, 4) is 0 Å². The van der Waals surface area contributed by atoms with Gasteiger partial charge in [-0.2, -0.15) is 0 Å². The number of hydrogen-bond donors (Lipinski definition) is 3. The van der Waals surface area contributed by atoms with Crippen molar-refractivity contribution in [2.24, 2.45) is 5.92 Å². The van der Waals surface area contributed by atoms with Crippen molar-refractivity contribution in [3.05, 3.63) is 0 Å². The lowest BCUT2D eigenvalue weighted by Crippen LogP contribution is -2.28. The molecule has 0 heterocycles. The maximum Gasteiger partial charge on any atom is 0.0590 e. The zero-order valence-corrected chi connectivity index (χ0v) is 9.26. The van der Waals surface area contributed by atoms with Gasteiger partial charge in [-0.05, 0) is 25.9 Å². The molecule has 0 fully saturated rings. The van der Waals surface area contributed by atoms with Crippen molar-refractivity contribution < 1.29 is 5.11 Å². The zero-order valence-electron chi connectivity index (χ0n) is 7.10. The van der Waals surface area contributed by atoms with Gasteiger partial charge in [0.1, 0.15) is 0 Å². The van der Waals surface area contributed by atoms with E-state index in [1.807, 2.05) is 14.0 Å². The minimum atomic E-state index is -0.190. The molecule has 0 aromatic heterocycles. The Morgan fingerprint density at radius 2 is 2.18 bits per heavy atom. The molecular weight excluding hydrogens is 255 g/mol. The third kappa shape index (κ3) is 5.84. The molecule has 0 amide bonds. The predicted octanol–water partition coefficient (Wildman–Crippen LogP) is 0.532. The summed E-state index contributed by atoms with van der Waals surface area (Å²) in [4.78, 5) is 0. The molecule has 3 N–H and O–H groups in total. The highest BCUT2D eigenvalue weighted by atomic mass is 127. The number of aliphatic hydroxyl groups is 1. The summed E-state index contributed by atoms with van der Waals surface area (Å²) in [5.74, 6) is 0.334. The highest BCUT2D eigenvalue weighted by Crippen LogP contribution is 2.05. The summed E-state index contributed by atoms with van der Waals surface area (Å²) >= 11 is 2.10. The van der Waals surface area contributed by atoms with E-state index in [1.54, 1.807) is 0 Å². The third-order valence-electron chi connectivity index (χ3n) is 1.75. The van der Waals surface area contributed by atoms with Crippen LogP contribution in [-0.2, 0) is 0 Å². The molecule has 0 saturated carbocycles. The normalized spacial score (nSPS) is 16.4. The second-order valence-corrected chi connectivity index (χ2v) is 3.54. The van der Waals surface area contributed by atoms with E-state index in [0.717, 1.165) is 19.5 Å². The number of nitrogens with one attached hydrogen (secondary N) is 2. The average Bonchev–Trinajstić information content (AvgIpc) is 2.00. The quantitative estimate of drug-likeness (QED) is 0.488. The molecule has 0 aliphatic carbocycles. The Morgan fingerprint density at radius 3 is 2.64 bits per heavy atom. The van der Waals surface area contributed by atoms with E-state index in [1.165, 1.54) is 0 Å². The summed E-state index contributed by atoms with van der Waals surface area (Å²) in [7, 11) is 1.90. The van der Waals surface area contributed by atoms with Gasteiger partial charge in [0.15, 0.2) is 0 Å². The molecule has 3 nitrogen and oxygen atoms in total. The van der Waals surface area contributed by atoms with Crippen LogP contribution in [0, 0.1) is 5.92 Å². The zero-order chi connectivity index (χ0) is 8.69. The lowest BCUT2D eigenvalue weighted by molar-refractivity contribution is 0.111. The van der Waals surface area contributed by atoms with Gasteiger partial charge in [-0.1, -0.05) is 6.92 Å². The highest BCUT2D eigenvalue weighted by molar-refractivity contribution is 14.1. The van der Waals surface area contributed by atoms with Crippen molar-refractivity contribution in [1.82, 2.24) is 8.85 Å². The SMILES string of the molecule is CNCCC(O)C(C)CNI. The Hall–Kier alpha value is 0.610. The van der Waals surface area contributed by atoms with Gasteiger partial charge in [-0.15, -0.1) is 0 Å². The van der Waals surface area contributed by atoms with E-state index in [2.05, 4.69) is 31.7 Å². The van der Waals surface area contributed by atoms with Gasteiger partial charge >= 0.3 is 0 Å². The first-order chi connectivity index (χ1) is 5.22. The summed E-state index contributed by atoms with van der Waals surface area (Å²) in [6.45, 7) is 3.80. The highest BCUT2D eigenvalue weighted by Gasteiger charge is 2.11. The summed E-state index contributed by atoms with van der Waals surface area (Å²) in [5.41, 5.74) is 0. The second kappa shape index (κ2) is 7.27. The topological polar surface area (TPSA) is 44.3 Å². The van der Waals surface area contributed by atoms with Crippen LogP contribution >= 0.6 is 22.9 Å². The summed E-state index contributed by atoms with van der Waals surface area (Å²) in [5, 5.41) is 12.5. The first-order valence-electron chi connectivity index (χ1n) is 3.88. The molecule has 0 saturated heterocycles. The molecule has 0 aromatic rings. The van der Waals surface area contributed by atoms with Gasteiger partial charge in [-0.3, -0.25) is 3.53 Å². The van der Waals surface area contributed by atoms with Gasteiger partial charge in [0, 0.05) is 29.4 Å². The first-order valence-corrected chi connectivity index (χ1v) is 4.96. The van der Waals surface area contributed by atoms with Crippen LogP contribution in [0.4, 0.5) is 0 Å². The van der Waals surface area contributed by atoms with E-state index < -0.39 is 0 Å². The van der Waals surface area contributed by atoms with E-state index in [4.69, 9.17) is 0 Å². The Bertz CT molecular complexity index is 92.5. The number of aliphatic hydroxyl groups excluding tert-OH is 1. The molecule has 0 aliphatic rings. The summed E-state index contributed by atoms with van der Waals surface area (Å²) in [6.07, 6.45) is 0.639. The van der Waals surface area contributed by atoms with Crippen LogP contribution in [0.2, 0.25) is 0 Å². The van der Waals surface area contributed by atoms with Crippen LogP contribution in [0.5, 0.6) is 0 Å². The van der Waals surface area contributed by atoms with Crippen molar-refractivity contribution in [1.29, 1.82) is 0 Å². The number of halogens is 1. The first kappa shape index (κ1) is 11.6. The number of hydrogen-bond acceptors (Lipinski definition) is 3. The minimum absolute atomic E-state index is 0.190. The lowest BCUT2D eigenvalue weighted by Gasteiger charge is -2.17. The van der Waals surface area contributed by atoms with Gasteiger partial charge in [0.2, 0.25) is 0 Å². The monoisotopic (exact) mass is 272 g/mol. The molecule has 0 aromatic carbocycles. The molecule has 68 valence electrons. The summed E-state index contributed by atoms with van der Waals surface area (Å²) < 4.78 is 3.01. The van der Waals surface area contributed by atoms with Crippen molar-refractivity contribution in [2.75, 3.05) is 20.1 Å². The van der Waals surface area contributed by atoms with Gasteiger partial charge in [0.05, 0.1) is 6.10 Å². The third-order valence-corrected chi connectivity index (χ3v) is 2.19. The molecule has 0 spiro atoms. The second-order valence-electron chi connectivity index (χ2n) is 2.77. The largest absolute Gasteiger partial charge is 0.393 e. The molecule has 2 unspecified atom stereocenters. The van der Waals surface area contributed by atoms with Gasteiger partial charge in [0.25, 0.3) is 0 Å². The van der Waals surface area contributed by atoms with Crippen molar-refractivity contribution in [3.63, 3.8) is 0 Å². The fourth-order valence-electron chi connectivity index (χ4n) is 0.834. The van der Waals surface area contributed by atoms with E-state index in [9.17, 15) is 5.11 Å². The minimum Gasteiger partial charge on any atom is -0.393 e. The van der Waals surface area contributed by atoms with Crippen LogP contribution in [0.3, 0.4) is 0 Å². The lowest BCUT2D eigenvalue weighted by atomic mass is 10.0. The summed E-state index contributed by atoms with van der Waals surface area (Å²) in [6, 6.07) is 0. The maximum absolute atomic E-state index is 9.50. The Kier molecular flexibility index (Phi) is 7.67. The molecule has 0 radical (unpaired) electrons. The van der Waals surface area contributed by atoms with Crippen LogP contribution in [-0.4, -0.2) is 31.3 Å². The standard InChI is InChI=1S/C7H17IN2O/c1-6(5-10-8)7(11)3-4-9-2/h6-7,9-11H,3-5H2,1-2H3. The molecule has 4 heteroatoms. The smallest absolute Gasteiger partial charge is 0.0590 e. The maximum atomic E-state index is 9.50. The predicted molar refractivity (Wildman–Crippen MR) is 55.7 cm³/mol. The number of rotatable bonds is 6. The Balaban J connectivity index is 3.38. The molecule has 0 bridgehead atoms. The van der Waals surface area contributed by atoms with E-state index in [-0.39, 0.29) is 6.10 Å². The average molecular weight is 272 g/mol. The van der Waals surface area contributed by atoms with Gasteiger partial charge < -0.3 is 10.4 Å². The van der Waals surface area contributed by atoms with E-state index >= 15 is 0 Å². The molecule has 0 rings (SSSR count).